The van der Waals surface area contributed by atoms with Crippen LogP contribution in [-0.4, -0.2) is 17.4 Å². The molecule has 0 aliphatic rings. The third-order valence-electron chi connectivity index (χ3n) is 4.40. The zero-order chi connectivity index (χ0) is 19.1. The Labute approximate surface area is 163 Å². The number of nitrogens with zero attached hydrogens (tertiary/aromatic N) is 1. The van der Waals surface area contributed by atoms with Gasteiger partial charge in [0.05, 0.1) is 5.92 Å². The molecule has 0 aliphatic heterocycles. The van der Waals surface area contributed by atoms with Crippen molar-refractivity contribution < 1.29 is 9.18 Å². The molecule has 1 amide bonds. The number of hydrogen-bond donors (Lipinski definition) is 1. The summed E-state index contributed by atoms with van der Waals surface area (Å²) in [7, 11) is 0. The van der Waals surface area contributed by atoms with Gasteiger partial charge in [0, 0.05) is 24.0 Å². The molecule has 0 radical (unpaired) electrons. The number of aromatic nitrogens is 1. The van der Waals surface area contributed by atoms with Crippen molar-refractivity contribution in [1.82, 2.24) is 10.3 Å². The molecule has 0 bridgehead atoms. The van der Waals surface area contributed by atoms with E-state index in [1.165, 1.54) is 6.07 Å². The van der Waals surface area contributed by atoms with Gasteiger partial charge in [0.1, 0.15) is 5.82 Å². The van der Waals surface area contributed by atoms with Crippen molar-refractivity contribution in [2.24, 2.45) is 0 Å². The van der Waals surface area contributed by atoms with Gasteiger partial charge in [-0.3, -0.25) is 9.78 Å². The highest BCUT2D eigenvalue weighted by atomic mass is 35.5. The van der Waals surface area contributed by atoms with Crippen LogP contribution >= 0.6 is 11.6 Å². The van der Waals surface area contributed by atoms with Crippen molar-refractivity contribution in [3.8, 4) is 0 Å². The quantitative estimate of drug-likeness (QED) is 0.650. The number of halogens is 2. The molecule has 0 spiro atoms. The van der Waals surface area contributed by atoms with E-state index in [-0.39, 0.29) is 17.6 Å². The van der Waals surface area contributed by atoms with Gasteiger partial charge < -0.3 is 5.32 Å². The number of benzene rings is 2. The van der Waals surface area contributed by atoms with Crippen molar-refractivity contribution >= 4 is 17.5 Å². The Morgan fingerprint density at radius 1 is 1.07 bits per heavy atom. The van der Waals surface area contributed by atoms with Crippen LogP contribution in [0.1, 0.15) is 22.6 Å². The first-order valence-electron chi connectivity index (χ1n) is 8.79. The van der Waals surface area contributed by atoms with Crippen LogP contribution in [0.2, 0.25) is 5.02 Å². The Morgan fingerprint density at radius 3 is 2.56 bits per heavy atom. The van der Waals surface area contributed by atoms with Crippen molar-refractivity contribution in [3.05, 3.63) is 101 Å². The second-order valence-corrected chi connectivity index (χ2v) is 6.74. The lowest BCUT2D eigenvalue weighted by atomic mass is 9.91. The van der Waals surface area contributed by atoms with Gasteiger partial charge in [-0.25, -0.2) is 4.39 Å². The van der Waals surface area contributed by atoms with Gasteiger partial charge >= 0.3 is 0 Å². The van der Waals surface area contributed by atoms with Crippen LogP contribution in [0.5, 0.6) is 0 Å². The summed E-state index contributed by atoms with van der Waals surface area (Å²) in [6.45, 7) is 0.372. The number of amides is 1. The van der Waals surface area contributed by atoms with Crippen LogP contribution in [-0.2, 0) is 17.6 Å². The Kier molecular flexibility index (Phi) is 6.55. The fraction of sp³-hybridized carbons (Fsp3) is 0.182. The summed E-state index contributed by atoms with van der Waals surface area (Å²) in [6, 6.07) is 17.7. The summed E-state index contributed by atoms with van der Waals surface area (Å²) in [6.07, 6.45) is 4.43. The number of pyridine rings is 1. The van der Waals surface area contributed by atoms with Crippen molar-refractivity contribution in [1.29, 1.82) is 0 Å². The molecule has 0 saturated heterocycles. The largest absolute Gasteiger partial charge is 0.355 e. The molecule has 0 saturated carbocycles. The lowest BCUT2D eigenvalue weighted by molar-refractivity contribution is -0.122. The molecule has 0 fully saturated rings. The minimum Gasteiger partial charge on any atom is -0.355 e. The van der Waals surface area contributed by atoms with Crippen molar-refractivity contribution in [2.75, 3.05) is 6.54 Å². The second kappa shape index (κ2) is 9.28. The highest BCUT2D eigenvalue weighted by Gasteiger charge is 2.21. The maximum absolute atomic E-state index is 13.7. The van der Waals surface area contributed by atoms with Gasteiger partial charge in [0.25, 0.3) is 0 Å². The average Bonchev–Trinajstić information content (AvgIpc) is 2.69. The normalized spacial score (nSPS) is 11.8. The molecule has 5 heteroatoms. The lowest BCUT2D eigenvalue weighted by Crippen LogP contribution is -2.32. The zero-order valence-corrected chi connectivity index (χ0v) is 15.5. The topological polar surface area (TPSA) is 42.0 Å². The second-order valence-electron chi connectivity index (χ2n) is 6.30. The van der Waals surface area contributed by atoms with Gasteiger partial charge in [0.15, 0.2) is 0 Å². The molecular formula is C22H20ClFN2O. The SMILES string of the molecule is O=C(NCCc1ccccc1F)C(Cc1cccnc1)c1ccc(Cl)cc1. The van der Waals surface area contributed by atoms with Gasteiger partial charge in [-0.15, -0.1) is 0 Å². The molecule has 1 aromatic heterocycles. The van der Waals surface area contributed by atoms with E-state index in [0.717, 1.165) is 11.1 Å². The maximum atomic E-state index is 13.7. The Bertz CT molecular complexity index is 884. The van der Waals surface area contributed by atoms with Crippen LogP contribution in [0.15, 0.2) is 73.1 Å². The molecular weight excluding hydrogens is 363 g/mol. The van der Waals surface area contributed by atoms with E-state index in [9.17, 15) is 9.18 Å². The van der Waals surface area contributed by atoms with E-state index in [1.807, 2.05) is 24.3 Å². The molecule has 3 rings (SSSR count). The Hall–Kier alpha value is -2.72. The third kappa shape index (κ3) is 5.38. The smallest absolute Gasteiger partial charge is 0.227 e. The number of carbonyl (C=O) groups is 1. The number of rotatable bonds is 7. The van der Waals surface area contributed by atoms with E-state index in [4.69, 9.17) is 11.6 Å². The van der Waals surface area contributed by atoms with Gasteiger partial charge in [0.2, 0.25) is 5.91 Å². The molecule has 1 N–H and O–H groups in total. The third-order valence-corrected chi connectivity index (χ3v) is 4.65. The summed E-state index contributed by atoms with van der Waals surface area (Å²) in [4.78, 5) is 17.0. The zero-order valence-electron chi connectivity index (χ0n) is 14.7. The highest BCUT2D eigenvalue weighted by Crippen LogP contribution is 2.23. The van der Waals surface area contributed by atoms with Crippen molar-refractivity contribution in [2.45, 2.75) is 18.8 Å². The predicted octanol–water partition coefficient (Wildman–Crippen LogP) is 4.56. The molecule has 3 nitrogen and oxygen atoms in total. The minimum absolute atomic E-state index is 0.0995. The average molecular weight is 383 g/mol. The van der Waals surface area contributed by atoms with Gasteiger partial charge in [-0.05, 0) is 53.8 Å². The highest BCUT2D eigenvalue weighted by molar-refractivity contribution is 6.30. The van der Waals surface area contributed by atoms with Gasteiger partial charge in [-0.2, -0.15) is 0 Å². The molecule has 1 heterocycles. The van der Waals surface area contributed by atoms with Gasteiger partial charge in [-0.1, -0.05) is 48.0 Å². The molecule has 0 aliphatic carbocycles. The number of nitrogens with one attached hydrogen (secondary N) is 1. The molecule has 27 heavy (non-hydrogen) atoms. The number of carbonyl (C=O) groups excluding carboxylic acids is 1. The Balaban J connectivity index is 1.70. The fourth-order valence-corrected chi connectivity index (χ4v) is 3.08. The minimum atomic E-state index is -0.368. The summed E-state index contributed by atoms with van der Waals surface area (Å²) >= 11 is 5.98. The van der Waals surface area contributed by atoms with Crippen LogP contribution in [0.25, 0.3) is 0 Å². The summed E-state index contributed by atoms with van der Waals surface area (Å²) < 4.78 is 13.7. The van der Waals surface area contributed by atoms with E-state index in [1.54, 1.807) is 42.7 Å². The summed E-state index contributed by atoms with van der Waals surface area (Å²) in [5.41, 5.74) is 2.45. The summed E-state index contributed by atoms with van der Waals surface area (Å²) in [5.74, 6) is -0.721. The fourth-order valence-electron chi connectivity index (χ4n) is 2.96. The predicted molar refractivity (Wildman–Crippen MR) is 105 cm³/mol. The first-order chi connectivity index (χ1) is 13.1. The maximum Gasteiger partial charge on any atom is 0.227 e. The van der Waals surface area contributed by atoms with E-state index < -0.39 is 0 Å². The van der Waals surface area contributed by atoms with Crippen LogP contribution in [0, 0.1) is 5.82 Å². The van der Waals surface area contributed by atoms with E-state index in [0.29, 0.717) is 30.0 Å². The van der Waals surface area contributed by atoms with E-state index >= 15 is 0 Å². The first-order valence-corrected chi connectivity index (χ1v) is 9.17. The standard InChI is InChI=1S/C22H20ClFN2O/c23-19-9-7-17(8-10-19)20(14-16-4-3-12-25-15-16)22(27)26-13-11-18-5-1-2-6-21(18)24/h1-10,12,15,20H,11,13-14H2,(H,26,27). The van der Waals surface area contributed by atoms with Crippen LogP contribution in [0.4, 0.5) is 4.39 Å². The monoisotopic (exact) mass is 382 g/mol. The molecule has 2 aromatic carbocycles. The Morgan fingerprint density at radius 2 is 1.85 bits per heavy atom. The van der Waals surface area contributed by atoms with Crippen molar-refractivity contribution in [3.63, 3.8) is 0 Å². The first kappa shape index (κ1) is 19.1. The molecule has 138 valence electrons. The summed E-state index contributed by atoms with van der Waals surface area (Å²) in [5, 5.41) is 3.56. The van der Waals surface area contributed by atoms with Crippen LogP contribution in [0.3, 0.4) is 0 Å². The lowest BCUT2D eigenvalue weighted by Gasteiger charge is -2.18. The molecule has 1 unspecified atom stereocenters. The number of hydrogen-bond acceptors (Lipinski definition) is 2. The molecule has 1 atom stereocenters. The molecule has 3 aromatic rings. The van der Waals surface area contributed by atoms with Crippen LogP contribution < -0.4 is 5.32 Å². The van der Waals surface area contributed by atoms with E-state index in [2.05, 4.69) is 10.3 Å².